The van der Waals surface area contributed by atoms with Crippen molar-refractivity contribution in [1.82, 2.24) is 5.32 Å². The lowest BCUT2D eigenvalue weighted by Crippen LogP contribution is -2.31. The van der Waals surface area contributed by atoms with Crippen LogP contribution >= 0.6 is 0 Å². The molecule has 1 unspecified atom stereocenters. The summed E-state index contributed by atoms with van der Waals surface area (Å²) in [4.78, 5) is 12.0. The zero-order valence-corrected chi connectivity index (χ0v) is 9.71. The van der Waals surface area contributed by atoms with E-state index in [0.29, 0.717) is 23.6 Å². The molecular weight excluding hydrogens is 219 g/mol. The maximum absolute atomic E-state index is 13.1. The maximum Gasteiger partial charge on any atom is 0.165 e. The van der Waals surface area contributed by atoms with Crippen molar-refractivity contribution in [2.75, 3.05) is 18.8 Å². The maximum atomic E-state index is 13.1. The molecule has 2 rings (SSSR count). The molecule has 1 aromatic carbocycles. The zero-order chi connectivity index (χ0) is 12.3. The van der Waals surface area contributed by atoms with Gasteiger partial charge in [0.05, 0.1) is 0 Å². The van der Waals surface area contributed by atoms with Crippen molar-refractivity contribution < 1.29 is 9.18 Å². The predicted octanol–water partition coefficient (Wildman–Crippen LogP) is 1.98. The summed E-state index contributed by atoms with van der Waals surface area (Å²) in [6.07, 6.45) is 2.59. The van der Waals surface area contributed by atoms with Crippen LogP contribution in [-0.4, -0.2) is 18.9 Å². The Morgan fingerprint density at radius 3 is 3.06 bits per heavy atom. The van der Waals surface area contributed by atoms with Crippen LogP contribution < -0.4 is 11.1 Å². The standard InChI is InChI=1S/C13H17FN2O/c14-10-3-4-12(15)11(7-10)13(17)6-9-2-1-5-16-8-9/h3-4,7,9,16H,1-2,5-6,8,15H2. The summed E-state index contributed by atoms with van der Waals surface area (Å²) in [5.41, 5.74) is 6.37. The lowest BCUT2D eigenvalue weighted by Gasteiger charge is -2.22. The van der Waals surface area contributed by atoms with E-state index in [9.17, 15) is 9.18 Å². The van der Waals surface area contributed by atoms with Crippen LogP contribution in [0.3, 0.4) is 0 Å². The highest BCUT2D eigenvalue weighted by molar-refractivity contribution is 6.00. The number of nitrogens with one attached hydrogen (secondary N) is 1. The molecule has 1 heterocycles. The first-order valence-corrected chi connectivity index (χ1v) is 5.96. The van der Waals surface area contributed by atoms with Crippen molar-refractivity contribution in [2.45, 2.75) is 19.3 Å². The fourth-order valence-corrected chi connectivity index (χ4v) is 2.24. The first-order valence-electron chi connectivity index (χ1n) is 5.96. The molecule has 1 saturated heterocycles. The van der Waals surface area contributed by atoms with E-state index in [4.69, 9.17) is 5.73 Å². The monoisotopic (exact) mass is 236 g/mol. The lowest BCUT2D eigenvalue weighted by atomic mass is 9.91. The van der Waals surface area contributed by atoms with Crippen molar-refractivity contribution in [1.29, 1.82) is 0 Å². The van der Waals surface area contributed by atoms with Gasteiger partial charge in [0.1, 0.15) is 5.82 Å². The number of halogens is 1. The third kappa shape index (κ3) is 3.03. The van der Waals surface area contributed by atoms with Crippen LogP contribution in [0, 0.1) is 11.7 Å². The molecule has 0 radical (unpaired) electrons. The molecule has 4 heteroatoms. The molecule has 0 aromatic heterocycles. The molecular formula is C13H17FN2O. The number of rotatable bonds is 3. The molecule has 0 saturated carbocycles. The minimum absolute atomic E-state index is 0.0595. The third-order valence-electron chi connectivity index (χ3n) is 3.19. The second-order valence-corrected chi connectivity index (χ2v) is 4.57. The highest BCUT2D eigenvalue weighted by atomic mass is 19.1. The van der Waals surface area contributed by atoms with Gasteiger partial charge in [0, 0.05) is 17.7 Å². The second kappa shape index (κ2) is 5.27. The minimum Gasteiger partial charge on any atom is -0.398 e. The Morgan fingerprint density at radius 1 is 1.53 bits per heavy atom. The van der Waals surface area contributed by atoms with Gasteiger partial charge in [-0.05, 0) is 50.0 Å². The van der Waals surface area contributed by atoms with E-state index in [2.05, 4.69) is 5.32 Å². The highest BCUT2D eigenvalue weighted by Crippen LogP contribution is 2.21. The fourth-order valence-electron chi connectivity index (χ4n) is 2.24. The van der Waals surface area contributed by atoms with Crippen LogP contribution in [0.2, 0.25) is 0 Å². The number of hydrogen-bond acceptors (Lipinski definition) is 3. The SMILES string of the molecule is Nc1ccc(F)cc1C(=O)CC1CCCNC1. The highest BCUT2D eigenvalue weighted by Gasteiger charge is 2.19. The van der Waals surface area contributed by atoms with Crippen molar-refractivity contribution in [3.8, 4) is 0 Å². The van der Waals surface area contributed by atoms with E-state index in [1.165, 1.54) is 18.2 Å². The Morgan fingerprint density at radius 2 is 2.35 bits per heavy atom. The predicted molar refractivity (Wildman–Crippen MR) is 65.4 cm³/mol. The number of nitrogens with two attached hydrogens (primary N) is 1. The first kappa shape index (κ1) is 12.0. The Balaban J connectivity index is 2.05. The van der Waals surface area contributed by atoms with Crippen LogP contribution in [0.1, 0.15) is 29.6 Å². The Kier molecular flexibility index (Phi) is 3.74. The van der Waals surface area contributed by atoms with Crippen molar-refractivity contribution in [3.63, 3.8) is 0 Å². The zero-order valence-electron chi connectivity index (χ0n) is 9.71. The van der Waals surface area contributed by atoms with Gasteiger partial charge in [-0.2, -0.15) is 0 Å². The first-order chi connectivity index (χ1) is 8.16. The molecule has 3 N–H and O–H groups in total. The van der Waals surface area contributed by atoms with Crippen LogP contribution in [0.25, 0.3) is 0 Å². The van der Waals surface area contributed by atoms with Gasteiger partial charge in [0.2, 0.25) is 0 Å². The summed E-state index contributed by atoms with van der Waals surface area (Å²) < 4.78 is 13.1. The largest absolute Gasteiger partial charge is 0.398 e. The Bertz CT molecular complexity index is 414. The van der Waals surface area contributed by atoms with Crippen LogP contribution in [0.5, 0.6) is 0 Å². The number of piperidine rings is 1. The van der Waals surface area contributed by atoms with Crippen LogP contribution in [-0.2, 0) is 0 Å². The van der Waals surface area contributed by atoms with Gasteiger partial charge in [-0.25, -0.2) is 4.39 Å². The number of ketones is 1. The molecule has 1 aromatic rings. The Hall–Kier alpha value is -1.42. The van der Waals surface area contributed by atoms with E-state index < -0.39 is 5.82 Å². The summed E-state index contributed by atoms with van der Waals surface area (Å²) in [7, 11) is 0. The van der Waals surface area contributed by atoms with E-state index in [0.717, 1.165) is 25.9 Å². The third-order valence-corrected chi connectivity index (χ3v) is 3.19. The molecule has 0 amide bonds. The average molecular weight is 236 g/mol. The van der Waals surface area contributed by atoms with Crippen molar-refractivity contribution in [2.24, 2.45) is 5.92 Å². The lowest BCUT2D eigenvalue weighted by molar-refractivity contribution is 0.0954. The summed E-state index contributed by atoms with van der Waals surface area (Å²) in [5.74, 6) is -0.126. The summed E-state index contributed by atoms with van der Waals surface area (Å²) in [5, 5.41) is 3.26. The van der Waals surface area contributed by atoms with Gasteiger partial charge >= 0.3 is 0 Å². The van der Waals surface area contributed by atoms with Gasteiger partial charge < -0.3 is 11.1 Å². The number of benzene rings is 1. The van der Waals surface area contributed by atoms with Gasteiger partial charge in [-0.1, -0.05) is 0 Å². The molecule has 17 heavy (non-hydrogen) atoms. The number of hydrogen-bond donors (Lipinski definition) is 2. The van der Waals surface area contributed by atoms with Crippen LogP contribution in [0.15, 0.2) is 18.2 Å². The molecule has 92 valence electrons. The quantitative estimate of drug-likeness (QED) is 0.623. The van der Waals surface area contributed by atoms with E-state index in [1.807, 2.05) is 0 Å². The van der Waals surface area contributed by atoms with Crippen LogP contribution in [0.4, 0.5) is 10.1 Å². The van der Waals surface area contributed by atoms with Gasteiger partial charge in [-0.3, -0.25) is 4.79 Å². The molecule has 1 atom stereocenters. The normalized spacial score (nSPS) is 20.2. The number of Topliss-reactive ketones (excluding diaryl/α,β-unsaturated/α-hetero) is 1. The molecule has 0 spiro atoms. The molecule has 0 aliphatic carbocycles. The van der Waals surface area contributed by atoms with E-state index in [1.54, 1.807) is 0 Å². The smallest absolute Gasteiger partial charge is 0.165 e. The molecule has 1 fully saturated rings. The Labute approximate surface area is 100 Å². The molecule has 3 nitrogen and oxygen atoms in total. The topological polar surface area (TPSA) is 55.1 Å². The summed E-state index contributed by atoms with van der Waals surface area (Å²) in [6.45, 7) is 1.88. The minimum atomic E-state index is -0.413. The fraction of sp³-hybridized carbons (Fsp3) is 0.462. The second-order valence-electron chi connectivity index (χ2n) is 4.57. The van der Waals surface area contributed by atoms with Gasteiger partial charge in [-0.15, -0.1) is 0 Å². The number of anilines is 1. The van der Waals surface area contributed by atoms with E-state index >= 15 is 0 Å². The summed E-state index contributed by atoms with van der Waals surface area (Å²) >= 11 is 0. The number of carbonyl (C=O) groups is 1. The molecule has 1 aliphatic heterocycles. The average Bonchev–Trinajstić information content (AvgIpc) is 2.33. The number of carbonyl (C=O) groups excluding carboxylic acids is 1. The van der Waals surface area contributed by atoms with Crippen molar-refractivity contribution in [3.05, 3.63) is 29.6 Å². The summed E-state index contributed by atoms with van der Waals surface area (Å²) in [6, 6.07) is 3.95. The van der Waals surface area contributed by atoms with Gasteiger partial charge in [0.15, 0.2) is 5.78 Å². The molecule has 1 aliphatic rings. The molecule has 0 bridgehead atoms. The number of nitrogen functional groups attached to an aromatic ring is 1. The van der Waals surface area contributed by atoms with E-state index in [-0.39, 0.29) is 5.78 Å². The van der Waals surface area contributed by atoms with Crippen molar-refractivity contribution >= 4 is 11.5 Å². The van der Waals surface area contributed by atoms with Gasteiger partial charge in [0.25, 0.3) is 0 Å².